The highest BCUT2D eigenvalue weighted by molar-refractivity contribution is 5.33. The monoisotopic (exact) mass is 224 g/mol. The lowest BCUT2D eigenvalue weighted by molar-refractivity contribution is -0.384. The SMILES string of the molecule is CN1CCOC(c2ccc([N+](=O)[O-])cc2)O1. The fourth-order valence-corrected chi connectivity index (χ4v) is 1.45. The largest absolute Gasteiger partial charge is 0.346 e. The Morgan fingerprint density at radius 1 is 1.44 bits per heavy atom. The summed E-state index contributed by atoms with van der Waals surface area (Å²) in [5, 5.41) is 12.2. The Morgan fingerprint density at radius 3 is 2.69 bits per heavy atom. The van der Waals surface area contributed by atoms with Gasteiger partial charge in [0, 0.05) is 31.3 Å². The molecule has 1 unspecified atom stereocenters. The number of likely N-dealkylation sites (N-methyl/N-ethyl adjacent to an activating group) is 1. The van der Waals surface area contributed by atoms with Gasteiger partial charge in [0.15, 0.2) is 0 Å². The van der Waals surface area contributed by atoms with Crippen molar-refractivity contribution in [3.63, 3.8) is 0 Å². The maximum Gasteiger partial charge on any atom is 0.269 e. The minimum Gasteiger partial charge on any atom is -0.346 e. The van der Waals surface area contributed by atoms with Crippen LogP contribution in [0, 0.1) is 10.1 Å². The molecule has 1 aromatic carbocycles. The van der Waals surface area contributed by atoms with Gasteiger partial charge < -0.3 is 4.74 Å². The molecule has 6 heteroatoms. The molecule has 0 spiro atoms. The highest BCUT2D eigenvalue weighted by Crippen LogP contribution is 2.24. The second-order valence-corrected chi connectivity index (χ2v) is 3.51. The van der Waals surface area contributed by atoms with E-state index in [0.29, 0.717) is 13.2 Å². The van der Waals surface area contributed by atoms with Crippen molar-refractivity contribution in [2.75, 3.05) is 20.2 Å². The van der Waals surface area contributed by atoms with E-state index >= 15 is 0 Å². The Labute approximate surface area is 92.5 Å². The third-order valence-corrected chi connectivity index (χ3v) is 2.33. The summed E-state index contributed by atoms with van der Waals surface area (Å²) >= 11 is 0. The first-order valence-electron chi connectivity index (χ1n) is 4.90. The van der Waals surface area contributed by atoms with Crippen molar-refractivity contribution in [3.8, 4) is 0 Å². The van der Waals surface area contributed by atoms with Crippen LogP contribution in [0.15, 0.2) is 24.3 Å². The number of hydrogen-bond donors (Lipinski definition) is 0. The van der Waals surface area contributed by atoms with Crippen molar-refractivity contribution in [2.24, 2.45) is 0 Å². The van der Waals surface area contributed by atoms with Crippen molar-refractivity contribution >= 4 is 5.69 Å². The van der Waals surface area contributed by atoms with Gasteiger partial charge in [-0.1, -0.05) is 0 Å². The smallest absolute Gasteiger partial charge is 0.269 e. The highest BCUT2D eigenvalue weighted by Gasteiger charge is 2.20. The van der Waals surface area contributed by atoms with Crippen LogP contribution in [0.1, 0.15) is 11.9 Å². The van der Waals surface area contributed by atoms with Gasteiger partial charge in [-0.25, -0.2) is 0 Å². The molecule has 0 radical (unpaired) electrons. The van der Waals surface area contributed by atoms with Gasteiger partial charge in [0.05, 0.1) is 11.5 Å². The topological polar surface area (TPSA) is 64.8 Å². The Hall–Kier alpha value is -1.50. The molecular formula is C10H12N2O4. The molecule has 2 rings (SSSR count). The first kappa shape index (κ1) is 11.0. The molecule has 0 aromatic heterocycles. The van der Waals surface area contributed by atoms with Crippen LogP contribution in [-0.2, 0) is 9.57 Å². The van der Waals surface area contributed by atoms with Crippen molar-refractivity contribution < 1.29 is 14.5 Å². The maximum absolute atomic E-state index is 10.5. The summed E-state index contributed by atoms with van der Waals surface area (Å²) in [6.07, 6.45) is -0.473. The maximum atomic E-state index is 10.5. The van der Waals surface area contributed by atoms with Crippen LogP contribution in [0.4, 0.5) is 5.69 Å². The summed E-state index contributed by atoms with van der Waals surface area (Å²) in [5.74, 6) is 0. The summed E-state index contributed by atoms with van der Waals surface area (Å²) < 4.78 is 5.40. The lowest BCUT2D eigenvalue weighted by Crippen LogP contribution is -2.33. The van der Waals surface area contributed by atoms with E-state index in [4.69, 9.17) is 9.57 Å². The molecule has 1 saturated heterocycles. The summed E-state index contributed by atoms with van der Waals surface area (Å²) in [6, 6.07) is 6.16. The number of rotatable bonds is 2. The molecule has 1 fully saturated rings. The standard InChI is InChI=1S/C10H12N2O4/c1-11-6-7-15-10(16-11)8-2-4-9(5-3-8)12(13)14/h2-5,10H,6-7H2,1H3. The zero-order valence-electron chi connectivity index (χ0n) is 8.83. The lowest BCUT2D eigenvalue weighted by Gasteiger charge is -2.29. The fourth-order valence-electron chi connectivity index (χ4n) is 1.45. The second kappa shape index (κ2) is 4.56. The van der Waals surface area contributed by atoms with E-state index in [1.54, 1.807) is 17.2 Å². The summed E-state index contributed by atoms with van der Waals surface area (Å²) in [7, 11) is 1.82. The Balaban J connectivity index is 2.11. The second-order valence-electron chi connectivity index (χ2n) is 3.51. The van der Waals surface area contributed by atoms with Crippen molar-refractivity contribution in [1.29, 1.82) is 0 Å². The molecule has 0 saturated carbocycles. The van der Waals surface area contributed by atoms with Gasteiger partial charge in [0.1, 0.15) is 0 Å². The Morgan fingerprint density at radius 2 is 2.12 bits per heavy atom. The number of nitro groups is 1. The predicted octanol–water partition coefficient (Wildman–Crippen LogP) is 1.49. The van der Waals surface area contributed by atoms with Crippen LogP contribution in [0.5, 0.6) is 0 Å². The molecule has 86 valence electrons. The fraction of sp³-hybridized carbons (Fsp3) is 0.400. The molecule has 6 nitrogen and oxygen atoms in total. The van der Waals surface area contributed by atoms with Gasteiger partial charge in [-0.3, -0.25) is 15.0 Å². The van der Waals surface area contributed by atoms with E-state index in [2.05, 4.69) is 0 Å². The zero-order valence-corrected chi connectivity index (χ0v) is 8.83. The molecule has 16 heavy (non-hydrogen) atoms. The van der Waals surface area contributed by atoms with Crippen LogP contribution < -0.4 is 0 Å². The van der Waals surface area contributed by atoms with Crippen LogP contribution >= 0.6 is 0 Å². The highest BCUT2D eigenvalue weighted by atomic mass is 16.8. The summed E-state index contributed by atoms with van der Waals surface area (Å²) in [5.41, 5.74) is 0.838. The van der Waals surface area contributed by atoms with Crippen molar-refractivity contribution in [3.05, 3.63) is 39.9 Å². The van der Waals surface area contributed by atoms with E-state index < -0.39 is 11.2 Å². The number of hydroxylamine groups is 2. The molecule has 1 aliphatic heterocycles. The van der Waals surface area contributed by atoms with Crippen LogP contribution in [0.25, 0.3) is 0 Å². The minimum absolute atomic E-state index is 0.0629. The average molecular weight is 224 g/mol. The number of nitro benzene ring substituents is 1. The van der Waals surface area contributed by atoms with Crippen molar-refractivity contribution in [1.82, 2.24) is 5.06 Å². The molecule has 1 aliphatic rings. The molecule has 1 aromatic rings. The van der Waals surface area contributed by atoms with E-state index in [1.165, 1.54) is 12.1 Å². The number of benzene rings is 1. The first-order chi connectivity index (χ1) is 7.66. The molecule has 0 N–H and O–H groups in total. The lowest BCUT2D eigenvalue weighted by atomic mass is 10.2. The Kier molecular flexibility index (Phi) is 3.14. The molecule has 0 amide bonds. The van der Waals surface area contributed by atoms with E-state index in [-0.39, 0.29) is 5.69 Å². The normalized spacial score (nSPS) is 21.9. The minimum atomic E-state index is -0.473. The van der Waals surface area contributed by atoms with Gasteiger partial charge in [0.25, 0.3) is 5.69 Å². The van der Waals surface area contributed by atoms with Crippen LogP contribution in [0.2, 0.25) is 0 Å². The van der Waals surface area contributed by atoms with E-state index in [0.717, 1.165) is 5.56 Å². The zero-order chi connectivity index (χ0) is 11.5. The third kappa shape index (κ3) is 2.35. The van der Waals surface area contributed by atoms with Gasteiger partial charge >= 0.3 is 0 Å². The van der Waals surface area contributed by atoms with Crippen LogP contribution in [0.3, 0.4) is 0 Å². The number of ether oxygens (including phenoxy) is 1. The van der Waals surface area contributed by atoms with Crippen LogP contribution in [-0.4, -0.2) is 30.2 Å². The van der Waals surface area contributed by atoms with Gasteiger partial charge in [-0.2, -0.15) is 5.06 Å². The molecular weight excluding hydrogens is 212 g/mol. The van der Waals surface area contributed by atoms with E-state index in [9.17, 15) is 10.1 Å². The first-order valence-corrected chi connectivity index (χ1v) is 4.90. The molecule has 1 heterocycles. The third-order valence-electron chi connectivity index (χ3n) is 2.33. The average Bonchev–Trinajstić information content (AvgIpc) is 2.29. The van der Waals surface area contributed by atoms with Crippen molar-refractivity contribution in [2.45, 2.75) is 6.29 Å². The molecule has 0 aliphatic carbocycles. The number of non-ortho nitro benzene ring substituents is 1. The molecule has 1 atom stereocenters. The molecule has 0 bridgehead atoms. The predicted molar refractivity (Wildman–Crippen MR) is 55.5 cm³/mol. The Bertz CT molecular complexity index is 379. The quantitative estimate of drug-likeness (QED) is 0.562. The number of hydrogen-bond acceptors (Lipinski definition) is 5. The van der Waals surface area contributed by atoms with Gasteiger partial charge in [-0.05, 0) is 12.1 Å². The summed E-state index contributed by atoms with van der Waals surface area (Å²) in [4.78, 5) is 15.5. The van der Waals surface area contributed by atoms with Gasteiger partial charge in [-0.15, -0.1) is 0 Å². The summed E-state index contributed by atoms with van der Waals surface area (Å²) in [6.45, 7) is 1.29. The number of nitrogens with zero attached hydrogens (tertiary/aromatic N) is 2. The van der Waals surface area contributed by atoms with Gasteiger partial charge in [0.2, 0.25) is 6.29 Å². The van der Waals surface area contributed by atoms with E-state index in [1.807, 2.05) is 7.05 Å².